The molecule has 0 aliphatic carbocycles. The van der Waals surface area contributed by atoms with Gasteiger partial charge < -0.3 is 4.74 Å². The second-order valence-electron chi connectivity index (χ2n) is 6.54. The zero-order chi connectivity index (χ0) is 17.4. The standard InChI is InChI=1S/C20H18F3NO/c21-18-7-6-17(19(22)20(18)23)14-8-15-11-25-12-16(9-14)24(15)10-13-4-2-1-3-5-13/h1-8,15-16H,9-12H2. The predicted octanol–water partition coefficient (Wildman–Crippen LogP) is 4.16. The number of ether oxygens (including phenoxy) is 1. The Labute approximate surface area is 144 Å². The van der Waals surface area contributed by atoms with Crippen molar-refractivity contribution >= 4 is 5.57 Å². The van der Waals surface area contributed by atoms with Crippen LogP contribution in [0.4, 0.5) is 13.2 Å². The summed E-state index contributed by atoms with van der Waals surface area (Å²) in [6.45, 7) is 1.84. The van der Waals surface area contributed by atoms with E-state index in [1.165, 1.54) is 11.6 Å². The number of hydrogen-bond donors (Lipinski definition) is 0. The number of hydrogen-bond acceptors (Lipinski definition) is 2. The molecule has 2 atom stereocenters. The van der Waals surface area contributed by atoms with E-state index >= 15 is 0 Å². The Hall–Kier alpha value is -2.11. The molecule has 0 radical (unpaired) electrons. The van der Waals surface area contributed by atoms with E-state index in [-0.39, 0.29) is 17.6 Å². The third-order valence-electron chi connectivity index (χ3n) is 4.93. The van der Waals surface area contributed by atoms with Gasteiger partial charge in [0.05, 0.1) is 19.3 Å². The molecule has 5 heteroatoms. The minimum Gasteiger partial charge on any atom is -0.378 e. The molecule has 0 amide bonds. The highest BCUT2D eigenvalue weighted by atomic mass is 19.2. The smallest absolute Gasteiger partial charge is 0.195 e. The van der Waals surface area contributed by atoms with Crippen LogP contribution in [-0.4, -0.2) is 30.2 Å². The summed E-state index contributed by atoms with van der Waals surface area (Å²) in [5.74, 6) is -3.68. The molecular weight excluding hydrogens is 327 g/mol. The van der Waals surface area contributed by atoms with E-state index < -0.39 is 17.5 Å². The second-order valence-corrected chi connectivity index (χ2v) is 6.54. The first-order valence-corrected chi connectivity index (χ1v) is 8.35. The summed E-state index contributed by atoms with van der Waals surface area (Å²) < 4.78 is 46.6. The van der Waals surface area contributed by atoms with Gasteiger partial charge in [-0.25, -0.2) is 13.2 Å². The molecule has 0 N–H and O–H groups in total. The van der Waals surface area contributed by atoms with Crippen molar-refractivity contribution in [1.82, 2.24) is 4.90 Å². The van der Waals surface area contributed by atoms with Crippen LogP contribution in [0.1, 0.15) is 17.5 Å². The van der Waals surface area contributed by atoms with Crippen molar-refractivity contribution in [2.24, 2.45) is 0 Å². The van der Waals surface area contributed by atoms with Crippen molar-refractivity contribution in [3.8, 4) is 0 Å². The van der Waals surface area contributed by atoms with Gasteiger partial charge in [-0.05, 0) is 29.7 Å². The van der Waals surface area contributed by atoms with Crippen molar-refractivity contribution in [3.63, 3.8) is 0 Å². The largest absolute Gasteiger partial charge is 0.378 e. The molecule has 2 heterocycles. The van der Waals surface area contributed by atoms with Gasteiger partial charge in [0.15, 0.2) is 17.5 Å². The van der Waals surface area contributed by atoms with E-state index in [2.05, 4.69) is 17.0 Å². The quantitative estimate of drug-likeness (QED) is 0.775. The topological polar surface area (TPSA) is 12.5 Å². The van der Waals surface area contributed by atoms with Gasteiger partial charge in [0, 0.05) is 18.2 Å². The monoisotopic (exact) mass is 345 g/mol. The molecule has 2 aromatic carbocycles. The lowest BCUT2D eigenvalue weighted by Gasteiger charge is -2.44. The minimum absolute atomic E-state index is 0.00443. The van der Waals surface area contributed by atoms with Crippen LogP contribution in [0.25, 0.3) is 5.57 Å². The number of morpholine rings is 1. The summed E-state index contributed by atoms with van der Waals surface area (Å²) in [5.41, 5.74) is 2.07. The molecule has 2 nitrogen and oxygen atoms in total. The highest BCUT2D eigenvalue weighted by Gasteiger charge is 2.35. The molecule has 0 spiro atoms. The molecule has 130 valence electrons. The van der Waals surface area contributed by atoms with Crippen LogP contribution in [0.2, 0.25) is 0 Å². The number of fused-ring (bicyclic) bond motifs is 2. The minimum atomic E-state index is -1.41. The fourth-order valence-electron chi connectivity index (χ4n) is 3.68. The maximum Gasteiger partial charge on any atom is 0.195 e. The van der Waals surface area contributed by atoms with Crippen molar-refractivity contribution < 1.29 is 17.9 Å². The maximum absolute atomic E-state index is 14.2. The lowest BCUT2D eigenvalue weighted by molar-refractivity contribution is -0.0403. The van der Waals surface area contributed by atoms with Crippen molar-refractivity contribution in [1.29, 1.82) is 0 Å². The summed E-state index contributed by atoms with van der Waals surface area (Å²) in [6, 6.07) is 12.5. The van der Waals surface area contributed by atoms with Crippen LogP contribution >= 0.6 is 0 Å². The van der Waals surface area contributed by atoms with Gasteiger partial charge in [-0.15, -0.1) is 0 Å². The molecule has 0 aromatic heterocycles. The molecule has 25 heavy (non-hydrogen) atoms. The molecule has 2 aromatic rings. The van der Waals surface area contributed by atoms with Crippen LogP contribution in [0.15, 0.2) is 48.5 Å². The molecule has 0 saturated carbocycles. The van der Waals surface area contributed by atoms with E-state index in [9.17, 15) is 13.2 Å². The van der Waals surface area contributed by atoms with E-state index in [4.69, 9.17) is 4.74 Å². The summed E-state index contributed by atoms with van der Waals surface area (Å²) in [5, 5.41) is 0. The zero-order valence-electron chi connectivity index (χ0n) is 13.6. The number of nitrogens with zero attached hydrogens (tertiary/aromatic N) is 1. The Morgan fingerprint density at radius 1 is 0.960 bits per heavy atom. The molecule has 2 aliphatic rings. The number of halogens is 3. The molecule has 1 saturated heterocycles. The first kappa shape index (κ1) is 16.4. The van der Waals surface area contributed by atoms with Crippen LogP contribution < -0.4 is 0 Å². The Morgan fingerprint density at radius 2 is 1.76 bits per heavy atom. The number of benzene rings is 2. The van der Waals surface area contributed by atoms with Crippen LogP contribution in [0.5, 0.6) is 0 Å². The van der Waals surface area contributed by atoms with E-state index in [0.717, 1.165) is 18.2 Å². The Bertz CT molecular complexity index is 806. The normalized spacial score (nSPS) is 23.4. The zero-order valence-corrected chi connectivity index (χ0v) is 13.6. The highest BCUT2D eigenvalue weighted by Crippen LogP contribution is 2.35. The van der Waals surface area contributed by atoms with E-state index in [1.807, 2.05) is 24.3 Å². The number of rotatable bonds is 3. The molecule has 2 aliphatic heterocycles. The highest BCUT2D eigenvalue weighted by molar-refractivity contribution is 5.68. The van der Waals surface area contributed by atoms with Crippen LogP contribution in [-0.2, 0) is 11.3 Å². The Kier molecular flexibility index (Phi) is 4.36. The molecule has 2 bridgehead atoms. The van der Waals surface area contributed by atoms with E-state index in [0.29, 0.717) is 19.6 Å². The molecule has 2 unspecified atom stereocenters. The third kappa shape index (κ3) is 3.10. The average molecular weight is 345 g/mol. The van der Waals surface area contributed by atoms with Crippen LogP contribution in [0.3, 0.4) is 0 Å². The third-order valence-corrected chi connectivity index (χ3v) is 4.93. The summed E-state index contributed by atoms with van der Waals surface area (Å²) in [6.07, 6.45) is 2.47. The molecule has 4 rings (SSSR count). The maximum atomic E-state index is 14.2. The van der Waals surface area contributed by atoms with Gasteiger partial charge >= 0.3 is 0 Å². The van der Waals surface area contributed by atoms with Gasteiger partial charge in [0.25, 0.3) is 0 Å². The Balaban J connectivity index is 1.64. The fraction of sp³-hybridized carbons (Fsp3) is 0.300. The van der Waals surface area contributed by atoms with Crippen LogP contribution in [0, 0.1) is 17.5 Å². The Morgan fingerprint density at radius 3 is 2.52 bits per heavy atom. The fourth-order valence-corrected chi connectivity index (χ4v) is 3.68. The summed E-state index contributed by atoms with van der Waals surface area (Å²) >= 11 is 0. The molecular formula is C20H18F3NO. The lowest BCUT2D eigenvalue weighted by atomic mass is 9.89. The SMILES string of the molecule is Fc1ccc(C2=CC3COCC(C2)N3Cc2ccccc2)c(F)c1F. The second kappa shape index (κ2) is 6.65. The average Bonchev–Trinajstić information content (AvgIpc) is 2.61. The van der Waals surface area contributed by atoms with Gasteiger partial charge in [-0.2, -0.15) is 0 Å². The van der Waals surface area contributed by atoms with Gasteiger partial charge in [-0.1, -0.05) is 36.4 Å². The summed E-state index contributed by atoms with van der Waals surface area (Å²) in [7, 11) is 0. The first-order chi connectivity index (χ1) is 12.1. The first-order valence-electron chi connectivity index (χ1n) is 8.35. The van der Waals surface area contributed by atoms with E-state index in [1.54, 1.807) is 0 Å². The van der Waals surface area contributed by atoms with Gasteiger partial charge in [-0.3, -0.25) is 4.90 Å². The van der Waals surface area contributed by atoms with Crippen molar-refractivity contribution in [3.05, 3.63) is 77.1 Å². The predicted molar refractivity (Wildman–Crippen MR) is 89.3 cm³/mol. The van der Waals surface area contributed by atoms with Gasteiger partial charge in [0.2, 0.25) is 0 Å². The molecule has 1 fully saturated rings. The van der Waals surface area contributed by atoms with Gasteiger partial charge in [0.1, 0.15) is 0 Å². The van der Waals surface area contributed by atoms with Crippen molar-refractivity contribution in [2.45, 2.75) is 25.0 Å². The lowest BCUT2D eigenvalue weighted by Crippen LogP contribution is -2.53. The van der Waals surface area contributed by atoms with Crippen molar-refractivity contribution in [2.75, 3.05) is 13.2 Å². The summed E-state index contributed by atoms with van der Waals surface area (Å²) in [4.78, 5) is 2.33.